The van der Waals surface area contributed by atoms with Crippen LogP contribution in [0.15, 0.2) is 16.5 Å². The molecular weight excluding hydrogens is 624 g/mol. The number of anilines is 1. The van der Waals surface area contributed by atoms with E-state index in [2.05, 4.69) is 5.32 Å². The van der Waals surface area contributed by atoms with E-state index in [1.54, 1.807) is 13.8 Å². The quantitative estimate of drug-likeness (QED) is 0.134. The van der Waals surface area contributed by atoms with Gasteiger partial charge in [0.05, 0.1) is 33.8 Å². The molecule has 3 rings (SSSR count). The van der Waals surface area contributed by atoms with Gasteiger partial charge in [-0.1, -0.05) is 64.9 Å². The molecule has 0 aliphatic carbocycles. The summed E-state index contributed by atoms with van der Waals surface area (Å²) in [5, 5.41) is 2.59. The Balaban J connectivity index is 1.81. The molecule has 0 bridgehead atoms. The van der Waals surface area contributed by atoms with E-state index in [-0.39, 0.29) is 77.6 Å². The number of carbonyl (C=O) groups excluding carboxylic acids is 3. The van der Waals surface area contributed by atoms with Gasteiger partial charge < -0.3 is 23.9 Å². The molecule has 3 aromatic rings. The predicted molar refractivity (Wildman–Crippen MR) is 148 cm³/mol. The van der Waals surface area contributed by atoms with E-state index in [0.29, 0.717) is 12.0 Å². The van der Waals surface area contributed by atoms with Crippen LogP contribution in [0, 0.1) is 6.92 Å². The third kappa shape index (κ3) is 6.52. The molecule has 0 aliphatic heterocycles. The summed E-state index contributed by atoms with van der Waals surface area (Å²) in [6.45, 7) is 5.23. The van der Waals surface area contributed by atoms with Gasteiger partial charge in [-0.05, 0) is 38.0 Å². The largest absolute Gasteiger partial charge is 0.482 e. The van der Waals surface area contributed by atoms with E-state index < -0.39 is 17.8 Å². The van der Waals surface area contributed by atoms with Gasteiger partial charge in [0.15, 0.2) is 11.5 Å². The lowest BCUT2D eigenvalue weighted by atomic mass is 10.1. The zero-order valence-electron chi connectivity index (χ0n) is 20.1. The van der Waals surface area contributed by atoms with Crippen LogP contribution in [0.25, 0.3) is 0 Å². The Morgan fingerprint density at radius 2 is 1.55 bits per heavy atom. The minimum atomic E-state index is -0.675. The van der Waals surface area contributed by atoms with Gasteiger partial charge >= 0.3 is 11.9 Å². The molecule has 8 nitrogen and oxygen atoms in total. The van der Waals surface area contributed by atoms with Crippen LogP contribution in [-0.2, 0) is 16.1 Å². The third-order valence-electron chi connectivity index (χ3n) is 4.89. The van der Waals surface area contributed by atoms with Crippen LogP contribution >= 0.6 is 69.3 Å². The number of halogens is 5. The summed E-state index contributed by atoms with van der Waals surface area (Å²) in [6.07, 6.45) is 0.601. The molecule has 2 heterocycles. The maximum atomic E-state index is 12.9. The molecule has 38 heavy (non-hydrogen) atoms. The highest BCUT2D eigenvalue weighted by Gasteiger charge is 2.28. The van der Waals surface area contributed by atoms with E-state index in [4.69, 9.17) is 76.6 Å². The molecule has 1 aromatic carbocycles. The Hall–Kier alpha value is -2.14. The van der Waals surface area contributed by atoms with Gasteiger partial charge in [0.2, 0.25) is 0 Å². The highest BCUT2D eigenvalue weighted by Crippen LogP contribution is 2.48. The lowest BCUT2D eigenvalue weighted by Crippen LogP contribution is -2.14. The number of ether oxygens (including phenoxy) is 3. The van der Waals surface area contributed by atoms with Gasteiger partial charge in [-0.3, -0.25) is 4.79 Å². The Kier molecular flexibility index (Phi) is 10.6. The first kappa shape index (κ1) is 30.4. The number of esters is 2. The van der Waals surface area contributed by atoms with Crippen molar-refractivity contribution < 1.29 is 33.0 Å². The molecule has 0 atom stereocenters. The van der Waals surface area contributed by atoms with Gasteiger partial charge in [0.1, 0.15) is 32.3 Å². The second-order valence-corrected chi connectivity index (χ2v) is 10.4. The molecule has 0 unspecified atom stereocenters. The fourth-order valence-electron chi connectivity index (χ4n) is 3.10. The maximum Gasteiger partial charge on any atom is 0.348 e. The van der Waals surface area contributed by atoms with E-state index in [1.807, 2.05) is 6.92 Å². The number of nitrogens with one attached hydrogen (secondary N) is 1. The van der Waals surface area contributed by atoms with Crippen LogP contribution in [0.4, 0.5) is 5.00 Å². The second kappa shape index (κ2) is 13.3. The first-order valence-corrected chi connectivity index (χ1v) is 13.7. The van der Waals surface area contributed by atoms with E-state index in [9.17, 15) is 14.4 Å². The van der Waals surface area contributed by atoms with Gasteiger partial charge in [0, 0.05) is 0 Å². The summed E-state index contributed by atoms with van der Waals surface area (Å²) >= 11 is 31.3. The Labute approximate surface area is 247 Å². The van der Waals surface area contributed by atoms with Crippen LogP contribution in [-0.4, -0.2) is 31.1 Å². The normalized spacial score (nSPS) is 10.8. The highest BCUT2D eigenvalue weighted by atomic mass is 35.5. The zero-order chi connectivity index (χ0) is 28.1. The van der Waals surface area contributed by atoms with Gasteiger partial charge in [-0.2, -0.15) is 0 Å². The third-order valence-corrected chi connectivity index (χ3v) is 8.32. The van der Waals surface area contributed by atoms with Crippen molar-refractivity contribution >= 4 is 92.2 Å². The molecule has 1 amide bonds. The zero-order valence-corrected chi connectivity index (χ0v) is 24.7. The molecule has 0 saturated heterocycles. The number of benzene rings is 1. The van der Waals surface area contributed by atoms with E-state index >= 15 is 0 Å². The Bertz CT molecular complexity index is 1360. The smallest absolute Gasteiger partial charge is 0.348 e. The number of carbonyl (C=O) groups is 3. The number of amides is 1. The van der Waals surface area contributed by atoms with Gasteiger partial charge in [-0.15, -0.1) is 11.3 Å². The molecule has 0 aliphatic rings. The van der Waals surface area contributed by atoms with Gasteiger partial charge in [0.25, 0.3) is 5.91 Å². The first-order valence-electron chi connectivity index (χ1n) is 11.0. The standard InChI is InChI=1S/C24H20Cl5NO7S/c1-4-8-35-23(32)13-10(3)20(24(33)34-5-2)38-22(13)30-21(31)12-7-6-11(37-12)9-36-19-17(28)15(26)14(25)16(27)18(19)29/h6-7H,4-5,8-9H2,1-3H3,(H,30,31). The number of hydrogen-bond donors (Lipinski definition) is 1. The maximum absolute atomic E-state index is 12.9. The first-order chi connectivity index (χ1) is 18.0. The van der Waals surface area contributed by atoms with E-state index in [1.165, 1.54) is 12.1 Å². The van der Waals surface area contributed by atoms with Crippen molar-refractivity contribution in [3.63, 3.8) is 0 Å². The summed E-state index contributed by atoms with van der Waals surface area (Å²) in [6, 6.07) is 2.90. The molecule has 0 radical (unpaired) electrons. The van der Waals surface area contributed by atoms with Crippen molar-refractivity contribution in [3.05, 3.63) is 64.8 Å². The van der Waals surface area contributed by atoms with Crippen molar-refractivity contribution in [1.29, 1.82) is 0 Å². The minimum Gasteiger partial charge on any atom is -0.482 e. The highest BCUT2D eigenvalue weighted by molar-refractivity contribution is 7.18. The Morgan fingerprint density at radius 1 is 0.921 bits per heavy atom. The molecule has 14 heteroatoms. The van der Waals surface area contributed by atoms with Crippen molar-refractivity contribution in [1.82, 2.24) is 0 Å². The lowest BCUT2D eigenvalue weighted by Gasteiger charge is -2.12. The fourth-order valence-corrected chi connectivity index (χ4v) is 5.42. The molecule has 1 N–H and O–H groups in total. The van der Waals surface area contributed by atoms with Crippen molar-refractivity contribution in [2.24, 2.45) is 0 Å². The monoisotopic (exact) mass is 641 g/mol. The number of thiophene rings is 1. The van der Waals surface area contributed by atoms with Crippen molar-refractivity contribution in [2.75, 3.05) is 18.5 Å². The number of hydrogen-bond acceptors (Lipinski definition) is 8. The number of furan rings is 1. The summed E-state index contributed by atoms with van der Waals surface area (Å²) < 4.78 is 21.5. The van der Waals surface area contributed by atoms with Crippen molar-refractivity contribution in [3.8, 4) is 5.75 Å². The summed E-state index contributed by atoms with van der Waals surface area (Å²) in [4.78, 5) is 38.2. The number of rotatable bonds is 10. The molecule has 0 spiro atoms. The van der Waals surface area contributed by atoms with Gasteiger partial charge in [-0.25, -0.2) is 9.59 Å². The van der Waals surface area contributed by atoms with Crippen LogP contribution < -0.4 is 10.1 Å². The topological polar surface area (TPSA) is 104 Å². The van der Waals surface area contributed by atoms with Crippen LogP contribution in [0.2, 0.25) is 25.1 Å². The average Bonchev–Trinajstić information content (AvgIpc) is 3.49. The summed E-state index contributed by atoms with van der Waals surface area (Å²) in [7, 11) is 0. The van der Waals surface area contributed by atoms with Crippen molar-refractivity contribution in [2.45, 2.75) is 33.8 Å². The fraction of sp³-hybridized carbons (Fsp3) is 0.292. The molecule has 0 saturated carbocycles. The van der Waals surface area contributed by atoms with Crippen LogP contribution in [0.3, 0.4) is 0 Å². The van der Waals surface area contributed by atoms with Crippen LogP contribution in [0.5, 0.6) is 5.75 Å². The molecule has 2 aromatic heterocycles. The summed E-state index contributed by atoms with van der Waals surface area (Å²) in [5.41, 5.74) is 0.406. The average molecular weight is 644 g/mol. The molecule has 204 valence electrons. The predicted octanol–water partition coefficient (Wildman–Crippen LogP) is 8.49. The SMILES string of the molecule is CCCOC(=O)c1c(NC(=O)c2ccc(COc3c(Cl)c(Cl)c(Cl)c(Cl)c3Cl)o2)sc(C(=O)OCC)c1C. The molecule has 0 fully saturated rings. The lowest BCUT2D eigenvalue weighted by molar-refractivity contribution is 0.0506. The minimum absolute atomic E-state index is 0.00840. The van der Waals surface area contributed by atoms with Crippen LogP contribution in [0.1, 0.15) is 62.2 Å². The Morgan fingerprint density at radius 3 is 2.16 bits per heavy atom. The van der Waals surface area contributed by atoms with E-state index in [0.717, 1.165) is 11.3 Å². The summed E-state index contributed by atoms with van der Waals surface area (Å²) in [5.74, 6) is -1.82. The molecular formula is C24H20Cl5NO7S. The second-order valence-electron chi connectivity index (χ2n) is 7.52.